The molecule has 1 aromatic rings. The topological polar surface area (TPSA) is 78.7 Å². The first-order valence-electron chi connectivity index (χ1n) is 6.70. The van der Waals surface area contributed by atoms with Crippen molar-refractivity contribution in [1.82, 2.24) is 15.3 Å². The SMILES string of the molecule is Cc1cc(SCC(=O)NC2(C#N)CCCC2)nc(C)n1. The predicted molar refractivity (Wildman–Crippen MR) is 77.2 cm³/mol. The number of nitrogens with zero attached hydrogens (tertiary/aromatic N) is 3. The van der Waals surface area contributed by atoms with Crippen LogP contribution < -0.4 is 5.32 Å². The van der Waals surface area contributed by atoms with Crippen molar-refractivity contribution < 1.29 is 4.79 Å². The summed E-state index contributed by atoms with van der Waals surface area (Å²) in [6.07, 6.45) is 3.52. The Labute approximate surface area is 123 Å². The van der Waals surface area contributed by atoms with E-state index in [9.17, 15) is 10.1 Å². The minimum atomic E-state index is -0.644. The first-order valence-corrected chi connectivity index (χ1v) is 7.69. The summed E-state index contributed by atoms with van der Waals surface area (Å²) < 4.78 is 0. The van der Waals surface area contributed by atoms with Crippen molar-refractivity contribution in [3.05, 3.63) is 17.6 Å². The number of carbonyl (C=O) groups is 1. The minimum Gasteiger partial charge on any atom is -0.337 e. The minimum absolute atomic E-state index is 0.104. The van der Waals surface area contributed by atoms with Gasteiger partial charge in [0.05, 0.1) is 11.8 Å². The zero-order chi connectivity index (χ0) is 14.6. The largest absolute Gasteiger partial charge is 0.337 e. The molecule has 0 saturated heterocycles. The van der Waals surface area contributed by atoms with Gasteiger partial charge in [0.25, 0.3) is 0 Å². The molecule has 20 heavy (non-hydrogen) atoms. The van der Waals surface area contributed by atoms with Gasteiger partial charge in [0, 0.05) is 5.69 Å². The number of hydrogen-bond acceptors (Lipinski definition) is 5. The second-order valence-electron chi connectivity index (χ2n) is 5.13. The highest BCUT2D eigenvalue weighted by atomic mass is 32.2. The molecule has 1 fully saturated rings. The Hall–Kier alpha value is -1.61. The number of nitrogens with one attached hydrogen (secondary N) is 1. The quantitative estimate of drug-likeness (QED) is 0.679. The van der Waals surface area contributed by atoms with Gasteiger partial charge in [-0.2, -0.15) is 5.26 Å². The smallest absolute Gasteiger partial charge is 0.231 e. The molecular weight excluding hydrogens is 272 g/mol. The van der Waals surface area contributed by atoms with Crippen LogP contribution in [0.4, 0.5) is 0 Å². The molecule has 0 radical (unpaired) electrons. The number of aryl methyl sites for hydroxylation is 2. The van der Waals surface area contributed by atoms with Crippen LogP contribution in [0.25, 0.3) is 0 Å². The second kappa shape index (κ2) is 6.23. The van der Waals surface area contributed by atoms with Crippen molar-refractivity contribution >= 4 is 17.7 Å². The van der Waals surface area contributed by atoms with Crippen molar-refractivity contribution in [2.45, 2.75) is 50.1 Å². The standard InChI is InChI=1S/C14H18N4OS/c1-10-7-13(17-11(2)16-10)20-8-12(19)18-14(9-15)5-3-4-6-14/h7H,3-6,8H2,1-2H3,(H,18,19). The Balaban J connectivity index is 1.90. The van der Waals surface area contributed by atoms with E-state index in [1.807, 2.05) is 19.9 Å². The maximum Gasteiger partial charge on any atom is 0.231 e. The van der Waals surface area contributed by atoms with Gasteiger partial charge in [-0.3, -0.25) is 4.79 Å². The van der Waals surface area contributed by atoms with Crippen LogP contribution >= 0.6 is 11.8 Å². The molecule has 0 aliphatic heterocycles. The summed E-state index contributed by atoms with van der Waals surface area (Å²) in [5.74, 6) is 0.879. The average Bonchev–Trinajstić information content (AvgIpc) is 2.84. The molecule has 0 bridgehead atoms. The first kappa shape index (κ1) is 14.8. The van der Waals surface area contributed by atoms with Crippen LogP contribution in [0.15, 0.2) is 11.1 Å². The van der Waals surface area contributed by atoms with E-state index in [0.29, 0.717) is 5.82 Å². The summed E-state index contributed by atoms with van der Waals surface area (Å²) in [5.41, 5.74) is 0.250. The Bertz CT molecular complexity index is 526. The molecule has 2 rings (SSSR count). The van der Waals surface area contributed by atoms with Crippen LogP contribution in [0.2, 0.25) is 0 Å². The molecule has 6 heteroatoms. The number of carbonyl (C=O) groups excluding carboxylic acids is 1. The lowest BCUT2D eigenvalue weighted by molar-refractivity contribution is -0.119. The molecule has 1 amide bonds. The van der Waals surface area contributed by atoms with E-state index >= 15 is 0 Å². The number of rotatable bonds is 4. The molecule has 1 aromatic heterocycles. The van der Waals surface area contributed by atoms with Crippen molar-refractivity contribution in [2.24, 2.45) is 0 Å². The fraction of sp³-hybridized carbons (Fsp3) is 0.571. The molecule has 1 heterocycles. The van der Waals surface area contributed by atoms with E-state index in [1.54, 1.807) is 0 Å². The molecule has 0 unspecified atom stereocenters. The summed E-state index contributed by atoms with van der Waals surface area (Å²) in [6, 6.07) is 4.12. The zero-order valence-corrected chi connectivity index (χ0v) is 12.6. The molecule has 0 spiro atoms. The lowest BCUT2D eigenvalue weighted by atomic mass is 10.0. The third-order valence-electron chi connectivity index (χ3n) is 3.34. The fourth-order valence-corrected chi connectivity index (χ4v) is 3.24. The van der Waals surface area contributed by atoms with Gasteiger partial charge >= 0.3 is 0 Å². The molecule has 0 aromatic carbocycles. The van der Waals surface area contributed by atoms with Crippen LogP contribution in [0.1, 0.15) is 37.2 Å². The Morgan fingerprint density at radius 3 is 2.75 bits per heavy atom. The second-order valence-corrected chi connectivity index (χ2v) is 6.13. The van der Waals surface area contributed by atoms with Gasteiger partial charge in [0.2, 0.25) is 5.91 Å². The third kappa shape index (κ3) is 3.70. The highest BCUT2D eigenvalue weighted by Gasteiger charge is 2.35. The van der Waals surface area contributed by atoms with E-state index in [0.717, 1.165) is 36.4 Å². The fourth-order valence-electron chi connectivity index (χ4n) is 2.44. The lowest BCUT2D eigenvalue weighted by Gasteiger charge is -2.21. The van der Waals surface area contributed by atoms with Crippen LogP contribution in [0.3, 0.4) is 0 Å². The molecule has 106 valence electrons. The van der Waals surface area contributed by atoms with Gasteiger partial charge < -0.3 is 5.32 Å². The lowest BCUT2D eigenvalue weighted by Crippen LogP contribution is -2.45. The summed E-state index contributed by atoms with van der Waals surface area (Å²) in [7, 11) is 0. The van der Waals surface area contributed by atoms with E-state index in [-0.39, 0.29) is 11.7 Å². The first-order chi connectivity index (χ1) is 9.53. The number of thioether (sulfide) groups is 1. The Morgan fingerprint density at radius 1 is 1.45 bits per heavy atom. The molecular formula is C14H18N4OS. The highest BCUT2D eigenvalue weighted by molar-refractivity contribution is 7.99. The van der Waals surface area contributed by atoms with Gasteiger partial charge in [0.1, 0.15) is 16.4 Å². The Kier molecular flexibility index (Phi) is 4.61. The van der Waals surface area contributed by atoms with E-state index in [4.69, 9.17) is 0 Å². The summed E-state index contributed by atoms with van der Waals surface area (Å²) in [6.45, 7) is 3.74. The maximum atomic E-state index is 12.0. The number of nitriles is 1. The number of aromatic nitrogens is 2. The molecule has 1 saturated carbocycles. The van der Waals surface area contributed by atoms with Crippen LogP contribution in [0, 0.1) is 25.2 Å². The number of hydrogen-bond donors (Lipinski definition) is 1. The third-order valence-corrected chi connectivity index (χ3v) is 4.25. The normalized spacial score (nSPS) is 16.6. The predicted octanol–water partition coefficient (Wildman–Crippen LogP) is 2.14. The van der Waals surface area contributed by atoms with E-state index in [1.165, 1.54) is 11.8 Å². The van der Waals surface area contributed by atoms with Gasteiger partial charge in [-0.05, 0) is 45.6 Å². The van der Waals surface area contributed by atoms with Crippen LogP contribution in [-0.4, -0.2) is 27.2 Å². The van der Waals surface area contributed by atoms with Crippen molar-refractivity contribution in [1.29, 1.82) is 5.26 Å². The van der Waals surface area contributed by atoms with Crippen molar-refractivity contribution in [2.75, 3.05) is 5.75 Å². The summed E-state index contributed by atoms with van der Waals surface area (Å²) in [4.78, 5) is 20.5. The van der Waals surface area contributed by atoms with Crippen molar-refractivity contribution in [3.8, 4) is 6.07 Å². The van der Waals surface area contributed by atoms with Gasteiger partial charge in [-0.1, -0.05) is 11.8 Å². The van der Waals surface area contributed by atoms with E-state index in [2.05, 4.69) is 21.4 Å². The zero-order valence-electron chi connectivity index (χ0n) is 11.8. The average molecular weight is 290 g/mol. The van der Waals surface area contributed by atoms with Gasteiger partial charge in [-0.15, -0.1) is 0 Å². The molecule has 1 aliphatic carbocycles. The summed E-state index contributed by atoms with van der Waals surface area (Å²) in [5, 5.41) is 12.9. The molecule has 1 aliphatic rings. The van der Waals surface area contributed by atoms with Crippen LogP contribution in [0.5, 0.6) is 0 Å². The Morgan fingerprint density at radius 2 is 2.15 bits per heavy atom. The highest BCUT2D eigenvalue weighted by Crippen LogP contribution is 2.29. The molecule has 0 atom stereocenters. The van der Waals surface area contributed by atoms with Gasteiger partial charge in [-0.25, -0.2) is 9.97 Å². The summed E-state index contributed by atoms with van der Waals surface area (Å²) >= 11 is 1.38. The molecule has 5 nitrogen and oxygen atoms in total. The van der Waals surface area contributed by atoms with Crippen molar-refractivity contribution in [3.63, 3.8) is 0 Å². The number of amides is 1. The maximum absolute atomic E-state index is 12.0. The van der Waals surface area contributed by atoms with Crippen LogP contribution in [-0.2, 0) is 4.79 Å². The molecule has 1 N–H and O–H groups in total. The monoisotopic (exact) mass is 290 g/mol. The van der Waals surface area contributed by atoms with Gasteiger partial charge in [0.15, 0.2) is 0 Å². The van der Waals surface area contributed by atoms with E-state index < -0.39 is 5.54 Å².